The van der Waals surface area contributed by atoms with Gasteiger partial charge in [0, 0.05) is 0 Å². The number of nitrogen functional groups attached to an aromatic ring is 1. The van der Waals surface area contributed by atoms with Crippen molar-refractivity contribution in [1.29, 1.82) is 0 Å². The summed E-state index contributed by atoms with van der Waals surface area (Å²) in [6.07, 6.45) is 0. The highest BCUT2D eigenvalue weighted by molar-refractivity contribution is 5.65. The Morgan fingerprint density at radius 2 is 2.00 bits per heavy atom. The van der Waals surface area contributed by atoms with E-state index in [1.807, 2.05) is 20.8 Å². The molecule has 0 aliphatic carbocycles. The third kappa shape index (κ3) is 2.83. The van der Waals surface area contributed by atoms with Crippen molar-refractivity contribution in [3.63, 3.8) is 0 Å². The van der Waals surface area contributed by atoms with Crippen molar-refractivity contribution in [3.05, 3.63) is 28.3 Å². The Hall–Kier alpha value is -1.78. The minimum Gasteiger partial charge on any atom is -0.481 e. The molecule has 2 N–H and O–H groups in total. The molecular formula is C10H14N2O3. The second-order valence-corrected chi connectivity index (χ2v) is 4.17. The minimum absolute atomic E-state index is 0.113. The number of benzene rings is 1. The molecule has 0 saturated heterocycles. The molecule has 0 fully saturated rings. The number of nitrogens with zero attached hydrogens (tertiary/aromatic N) is 1. The van der Waals surface area contributed by atoms with Crippen LogP contribution in [-0.4, -0.2) is 10.5 Å². The van der Waals surface area contributed by atoms with Crippen LogP contribution in [0.4, 0.5) is 11.4 Å². The summed E-state index contributed by atoms with van der Waals surface area (Å²) in [6.45, 7) is 5.46. The molecule has 0 aliphatic rings. The van der Waals surface area contributed by atoms with Crippen LogP contribution in [-0.2, 0) is 0 Å². The molecule has 0 aromatic heterocycles. The van der Waals surface area contributed by atoms with Crippen LogP contribution in [0.2, 0.25) is 0 Å². The van der Waals surface area contributed by atoms with E-state index in [0.29, 0.717) is 0 Å². The largest absolute Gasteiger partial charge is 0.481 e. The van der Waals surface area contributed by atoms with Crippen LogP contribution in [0.25, 0.3) is 0 Å². The predicted molar refractivity (Wildman–Crippen MR) is 57.9 cm³/mol. The summed E-state index contributed by atoms with van der Waals surface area (Å²) in [5.41, 5.74) is 4.97. The van der Waals surface area contributed by atoms with Crippen molar-refractivity contribution in [2.24, 2.45) is 0 Å². The van der Waals surface area contributed by atoms with Crippen LogP contribution in [0, 0.1) is 10.1 Å². The second-order valence-electron chi connectivity index (χ2n) is 4.17. The van der Waals surface area contributed by atoms with Gasteiger partial charge in [-0.1, -0.05) is 6.07 Å². The van der Waals surface area contributed by atoms with Crippen LogP contribution in [0.5, 0.6) is 5.75 Å². The van der Waals surface area contributed by atoms with Gasteiger partial charge in [0.05, 0.1) is 4.92 Å². The first kappa shape index (κ1) is 11.3. The number of nitro groups is 1. The van der Waals surface area contributed by atoms with E-state index < -0.39 is 10.5 Å². The summed E-state index contributed by atoms with van der Waals surface area (Å²) >= 11 is 0. The molecule has 15 heavy (non-hydrogen) atoms. The highest BCUT2D eigenvalue weighted by atomic mass is 16.6. The lowest BCUT2D eigenvalue weighted by molar-refractivity contribution is -0.385. The molecule has 1 aromatic rings. The molecule has 0 unspecified atom stereocenters. The first-order valence-corrected chi connectivity index (χ1v) is 4.53. The lowest BCUT2D eigenvalue weighted by Crippen LogP contribution is -2.23. The maximum atomic E-state index is 10.8. The fraction of sp³-hybridized carbons (Fsp3) is 0.400. The Balaban J connectivity index is 3.18. The number of hydrogen-bond donors (Lipinski definition) is 1. The Morgan fingerprint density at radius 3 is 2.47 bits per heavy atom. The fourth-order valence-electron chi connectivity index (χ4n) is 1.15. The van der Waals surface area contributed by atoms with Crippen molar-refractivity contribution < 1.29 is 9.66 Å². The summed E-state index contributed by atoms with van der Waals surface area (Å²) < 4.78 is 5.45. The third-order valence-electron chi connectivity index (χ3n) is 1.63. The topological polar surface area (TPSA) is 78.4 Å². The van der Waals surface area contributed by atoms with Crippen LogP contribution < -0.4 is 10.5 Å². The van der Waals surface area contributed by atoms with E-state index in [0.717, 1.165) is 0 Å². The van der Waals surface area contributed by atoms with Crippen molar-refractivity contribution >= 4 is 11.4 Å². The standard InChI is InChI=1S/C10H14N2O3/c1-10(2,3)15-8-6-4-5-7(11)9(8)12(13)14/h4-6H,11H2,1-3H3. The van der Waals surface area contributed by atoms with Crippen molar-refractivity contribution in [1.82, 2.24) is 0 Å². The van der Waals surface area contributed by atoms with E-state index in [2.05, 4.69) is 0 Å². The van der Waals surface area contributed by atoms with Gasteiger partial charge in [0.15, 0.2) is 5.75 Å². The Morgan fingerprint density at radius 1 is 1.40 bits per heavy atom. The molecule has 1 aromatic carbocycles. The van der Waals surface area contributed by atoms with Gasteiger partial charge in [-0.15, -0.1) is 0 Å². The predicted octanol–water partition coefficient (Wildman–Crippen LogP) is 2.35. The summed E-state index contributed by atoms with van der Waals surface area (Å²) in [6, 6.07) is 4.65. The van der Waals surface area contributed by atoms with Crippen LogP contribution in [0.1, 0.15) is 20.8 Å². The first-order valence-electron chi connectivity index (χ1n) is 4.53. The number of rotatable bonds is 2. The van der Waals surface area contributed by atoms with Gasteiger partial charge in [-0.2, -0.15) is 0 Å². The Bertz CT molecular complexity index is 383. The second kappa shape index (κ2) is 3.76. The normalized spacial score (nSPS) is 11.1. The zero-order valence-electron chi connectivity index (χ0n) is 8.98. The lowest BCUT2D eigenvalue weighted by Gasteiger charge is -2.21. The van der Waals surface area contributed by atoms with Crippen LogP contribution in [0.3, 0.4) is 0 Å². The van der Waals surface area contributed by atoms with E-state index in [9.17, 15) is 10.1 Å². The highest BCUT2D eigenvalue weighted by Gasteiger charge is 2.23. The minimum atomic E-state index is -0.531. The Labute approximate surface area is 88.0 Å². The first-order chi connectivity index (χ1) is 6.81. The van der Waals surface area contributed by atoms with Gasteiger partial charge in [-0.25, -0.2) is 0 Å². The van der Waals surface area contributed by atoms with Gasteiger partial charge in [-0.3, -0.25) is 10.1 Å². The molecule has 0 heterocycles. The monoisotopic (exact) mass is 210 g/mol. The van der Waals surface area contributed by atoms with Crippen molar-refractivity contribution in [3.8, 4) is 5.75 Å². The Kier molecular flexibility index (Phi) is 2.83. The molecule has 0 aliphatic heterocycles. The molecule has 0 amide bonds. The molecule has 0 saturated carbocycles. The molecule has 0 radical (unpaired) electrons. The number of hydrogen-bond acceptors (Lipinski definition) is 4. The molecular weight excluding hydrogens is 196 g/mol. The van der Waals surface area contributed by atoms with Gasteiger partial charge in [0.1, 0.15) is 11.3 Å². The number of nitrogens with two attached hydrogens (primary N) is 1. The number of para-hydroxylation sites is 1. The third-order valence-corrected chi connectivity index (χ3v) is 1.63. The molecule has 1 rings (SSSR count). The van der Waals surface area contributed by atoms with Crippen molar-refractivity contribution in [2.45, 2.75) is 26.4 Å². The maximum absolute atomic E-state index is 10.8. The number of nitro benzene ring substituents is 1. The fourth-order valence-corrected chi connectivity index (χ4v) is 1.15. The van der Waals surface area contributed by atoms with Gasteiger partial charge in [0.25, 0.3) is 0 Å². The molecule has 0 bridgehead atoms. The van der Waals surface area contributed by atoms with Crippen LogP contribution in [0.15, 0.2) is 18.2 Å². The lowest BCUT2D eigenvalue weighted by atomic mass is 10.2. The average molecular weight is 210 g/mol. The molecule has 0 spiro atoms. The van der Waals surface area contributed by atoms with E-state index in [1.165, 1.54) is 6.07 Å². The average Bonchev–Trinajstić information content (AvgIpc) is 1.99. The van der Waals surface area contributed by atoms with E-state index >= 15 is 0 Å². The molecule has 5 nitrogen and oxygen atoms in total. The van der Waals surface area contributed by atoms with E-state index in [-0.39, 0.29) is 17.1 Å². The zero-order chi connectivity index (χ0) is 11.6. The maximum Gasteiger partial charge on any atom is 0.333 e. The van der Waals surface area contributed by atoms with Gasteiger partial charge in [0.2, 0.25) is 0 Å². The van der Waals surface area contributed by atoms with Gasteiger partial charge >= 0.3 is 5.69 Å². The summed E-state index contributed by atoms with van der Waals surface area (Å²) in [5.74, 6) is 0.201. The van der Waals surface area contributed by atoms with Crippen molar-refractivity contribution in [2.75, 3.05) is 5.73 Å². The number of ether oxygens (including phenoxy) is 1. The molecule has 5 heteroatoms. The summed E-state index contributed by atoms with van der Waals surface area (Å²) in [5, 5.41) is 10.8. The SMILES string of the molecule is CC(C)(C)Oc1cccc(N)c1[N+](=O)[O-]. The van der Waals surface area contributed by atoms with E-state index in [4.69, 9.17) is 10.5 Å². The van der Waals surface area contributed by atoms with E-state index in [1.54, 1.807) is 12.1 Å². The summed E-state index contributed by atoms with van der Waals surface area (Å²) in [4.78, 5) is 10.2. The molecule has 0 atom stereocenters. The highest BCUT2D eigenvalue weighted by Crippen LogP contribution is 2.34. The van der Waals surface area contributed by atoms with Gasteiger partial charge in [-0.05, 0) is 32.9 Å². The summed E-state index contributed by atoms with van der Waals surface area (Å²) in [7, 11) is 0. The van der Waals surface area contributed by atoms with Crippen LogP contribution >= 0.6 is 0 Å². The van der Waals surface area contributed by atoms with Gasteiger partial charge < -0.3 is 10.5 Å². The number of anilines is 1. The zero-order valence-corrected chi connectivity index (χ0v) is 8.98. The molecule has 82 valence electrons. The smallest absolute Gasteiger partial charge is 0.333 e. The quantitative estimate of drug-likeness (QED) is 0.461.